The third kappa shape index (κ3) is 4.57. The van der Waals surface area contributed by atoms with Gasteiger partial charge in [-0.1, -0.05) is 41.9 Å². The van der Waals surface area contributed by atoms with Gasteiger partial charge in [-0.25, -0.2) is 8.42 Å². The number of amides is 1. The van der Waals surface area contributed by atoms with Crippen LogP contribution in [-0.2, 0) is 21.2 Å². The fourth-order valence-corrected chi connectivity index (χ4v) is 5.25. The van der Waals surface area contributed by atoms with Crippen LogP contribution in [0.3, 0.4) is 0 Å². The molecule has 2 heterocycles. The van der Waals surface area contributed by atoms with Gasteiger partial charge in [0, 0.05) is 18.1 Å². The minimum atomic E-state index is -3.57. The number of benzene rings is 2. The van der Waals surface area contributed by atoms with Gasteiger partial charge in [-0.2, -0.15) is 0 Å². The lowest BCUT2D eigenvalue weighted by Gasteiger charge is -2.38. The van der Waals surface area contributed by atoms with Crippen molar-refractivity contribution < 1.29 is 17.9 Å². The van der Waals surface area contributed by atoms with Gasteiger partial charge < -0.3 is 9.64 Å². The van der Waals surface area contributed by atoms with Crippen LogP contribution >= 0.6 is 11.6 Å². The van der Waals surface area contributed by atoms with E-state index in [0.717, 1.165) is 25.5 Å². The van der Waals surface area contributed by atoms with Crippen molar-refractivity contribution in [1.29, 1.82) is 0 Å². The molecule has 160 valence electrons. The molecule has 1 saturated heterocycles. The molecule has 1 fully saturated rings. The molecule has 0 aromatic heterocycles. The summed E-state index contributed by atoms with van der Waals surface area (Å²) in [6.07, 6.45) is 3.13. The number of piperidine rings is 1. The Hall–Kier alpha value is -2.25. The lowest BCUT2D eigenvalue weighted by molar-refractivity contribution is -0.139. The van der Waals surface area contributed by atoms with Gasteiger partial charge in [-0.3, -0.25) is 9.10 Å². The highest BCUT2D eigenvalue weighted by atomic mass is 35.5. The summed E-state index contributed by atoms with van der Waals surface area (Å²) in [5, 5.41) is 0.413. The van der Waals surface area contributed by atoms with Gasteiger partial charge in [0.15, 0.2) is 6.10 Å². The zero-order valence-electron chi connectivity index (χ0n) is 16.8. The van der Waals surface area contributed by atoms with Crippen molar-refractivity contribution in [1.82, 2.24) is 4.90 Å². The number of rotatable bonds is 4. The SMILES string of the molecule is CS(=O)(=O)N1CC(C(=O)N2CCC(Cc3ccccc3)CC2)Oc2ccc(Cl)cc21. The summed E-state index contributed by atoms with van der Waals surface area (Å²) in [6.45, 7) is 1.26. The molecule has 0 N–H and O–H groups in total. The van der Waals surface area contributed by atoms with Crippen LogP contribution in [0.15, 0.2) is 48.5 Å². The molecule has 2 aliphatic heterocycles. The number of nitrogens with zero attached hydrogens (tertiary/aromatic N) is 2. The van der Waals surface area contributed by atoms with E-state index in [2.05, 4.69) is 12.1 Å². The van der Waals surface area contributed by atoms with Crippen LogP contribution in [0.5, 0.6) is 5.75 Å². The maximum atomic E-state index is 13.1. The topological polar surface area (TPSA) is 66.9 Å². The van der Waals surface area contributed by atoms with Gasteiger partial charge in [0.2, 0.25) is 10.0 Å². The van der Waals surface area contributed by atoms with Gasteiger partial charge >= 0.3 is 0 Å². The van der Waals surface area contributed by atoms with Crippen molar-refractivity contribution in [2.45, 2.75) is 25.4 Å². The van der Waals surface area contributed by atoms with Gasteiger partial charge in [0.1, 0.15) is 5.75 Å². The minimum absolute atomic E-state index is 0.0467. The van der Waals surface area contributed by atoms with Crippen LogP contribution in [0, 0.1) is 5.92 Å². The molecule has 8 heteroatoms. The van der Waals surface area contributed by atoms with Gasteiger partial charge in [-0.05, 0) is 48.9 Å². The maximum Gasteiger partial charge on any atom is 0.265 e. The number of fused-ring (bicyclic) bond motifs is 1. The Morgan fingerprint density at radius 3 is 2.50 bits per heavy atom. The van der Waals surface area contributed by atoms with Crippen LogP contribution in [0.25, 0.3) is 0 Å². The summed E-state index contributed by atoms with van der Waals surface area (Å²) in [5.74, 6) is 0.731. The Kier molecular flexibility index (Phi) is 5.93. The average molecular weight is 449 g/mol. The molecule has 2 aliphatic rings. The number of hydrogen-bond donors (Lipinski definition) is 0. The van der Waals surface area contributed by atoms with Gasteiger partial charge in [0.25, 0.3) is 5.91 Å². The molecule has 4 rings (SSSR count). The molecule has 2 aromatic carbocycles. The van der Waals surface area contributed by atoms with E-state index in [-0.39, 0.29) is 12.5 Å². The van der Waals surface area contributed by atoms with Crippen LogP contribution in [-0.4, -0.2) is 51.2 Å². The minimum Gasteiger partial charge on any atom is -0.476 e. The average Bonchev–Trinajstić information content (AvgIpc) is 2.73. The quantitative estimate of drug-likeness (QED) is 0.719. The van der Waals surface area contributed by atoms with E-state index in [1.54, 1.807) is 23.1 Å². The van der Waals surface area contributed by atoms with Crippen molar-refractivity contribution in [3.63, 3.8) is 0 Å². The maximum absolute atomic E-state index is 13.1. The molecule has 1 amide bonds. The van der Waals surface area contributed by atoms with Crippen LogP contribution in [0.1, 0.15) is 18.4 Å². The molecule has 6 nitrogen and oxygen atoms in total. The van der Waals surface area contributed by atoms with Crippen molar-refractivity contribution in [3.8, 4) is 5.75 Å². The molecule has 1 atom stereocenters. The predicted molar refractivity (Wildman–Crippen MR) is 118 cm³/mol. The van der Waals surface area contributed by atoms with E-state index in [9.17, 15) is 13.2 Å². The molecule has 0 spiro atoms. The van der Waals surface area contributed by atoms with E-state index in [1.807, 2.05) is 18.2 Å². The van der Waals surface area contributed by atoms with E-state index in [0.29, 0.717) is 35.5 Å². The second kappa shape index (κ2) is 8.47. The summed E-state index contributed by atoms with van der Waals surface area (Å²) < 4.78 is 31.8. The molecule has 1 unspecified atom stereocenters. The Morgan fingerprint density at radius 2 is 1.83 bits per heavy atom. The number of anilines is 1. The Balaban J connectivity index is 1.43. The summed E-state index contributed by atoms with van der Waals surface area (Å²) in [7, 11) is -3.57. The number of halogens is 1. The van der Waals surface area contributed by atoms with Gasteiger partial charge in [-0.15, -0.1) is 0 Å². The molecular formula is C22H25ClN2O4S. The Bertz CT molecular complexity index is 1020. The number of carbonyl (C=O) groups is 1. The Labute approximate surface area is 182 Å². The summed E-state index contributed by atoms with van der Waals surface area (Å²) in [4.78, 5) is 14.9. The van der Waals surface area contributed by atoms with E-state index in [4.69, 9.17) is 16.3 Å². The first-order valence-corrected chi connectivity index (χ1v) is 12.3. The lowest BCUT2D eigenvalue weighted by Crippen LogP contribution is -2.53. The fourth-order valence-electron chi connectivity index (χ4n) is 4.18. The smallest absolute Gasteiger partial charge is 0.265 e. The zero-order valence-corrected chi connectivity index (χ0v) is 18.4. The number of carbonyl (C=O) groups excluding carboxylic acids is 1. The second-order valence-electron chi connectivity index (χ2n) is 7.97. The van der Waals surface area contributed by atoms with E-state index in [1.165, 1.54) is 9.87 Å². The van der Waals surface area contributed by atoms with Crippen molar-refractivity contribution in [2.24, 2.45) is 5.92 Å². The molecule has 0 aliphatic carbocycles. The first-order chi connectivity index (χ1) is 14.3. The number of likely N-dealkylation sites (tertiary alicyclic amines) is 1. The largest absolute Gasteiger partial charge is 0.476 e. The molecule has 30 heavy (non-hydrogen) atoms. The number of ether oxygens (including phenoxy) is 1. The normalized spacial score (nSPS) is 19.9. The highest BCUT2D eigenvalue weighted by Gasteiger charge is 2.38. The number of sulfonamides is 1. The van der Waals surface area contributed by atoms with Crippen molar-refractivity contribution in [3.05, 3.63) is 59.1 Å². The van der Waals surface area contributed by atoms with Gasteiger partial charge in [0.05, 0.1) is 18.5 Å². The first kappa shape index (κ1) is 21.0. The highest BCUT2D eigenvalue weighted by Crippen LogP contribution is 2.37. The number of hydrogen-bond acceptors (Lipinski definition) is 4. The zero-order chi connectivity index (χ0) is 21.3. The third-order valence-electron chi connectivity index (χ3n) is 5.76. The third-order valence-corrected chi connectivity index (χ3v) is 7.14. The monoisotopic (exact) mass is 448 g/mol. The van der Waals surface area contributed by atoms with Crippen LogP contribution < -0.4 is 9.04 Å². The fraction of sp³-hybridized carbons (Fsp3) is 0.409. The van der Waals surface area contributed by atoms with Crippen molar-refractivity contribution >= 4 is 33.2 Å². The highest BCUT2D eigenvalue weighted by molar-refractivity contribution is 7.92. The molecule has 0 saturated carbocycles. The summed E-state index contributed by atoms with van der Waals surface area (Å²) >= 11 is 6.03. The first-order valence-electron chi connectivity index (χ1n) is 10.1. The molecule has 2 aromatic rings. The van der Waals surface area contributed by atoms with Crippen LogP contribution in [0.4, 0.5) is 5.69 Å². The van der Waals surface area contributed by atoms with E-state index >= 15 is 0 Å². The summed E-state index contributed by atoms with van der Waals surface area (Å²) in [6, 6.07) is 15.2. The lowest BCUT2D eigenvalue weighted by atomic mass is 9.90. The Morgan fingerprint density at radius 1 is 1.13 bits per heavy atom. The predicted octanol–water partition coefficient (Wildman–Crippen LogP) is 3.35. The van der Waals surface area contributed by atoms with E-state index < -0.39 is 16.1 Å². The molecular weight excluding hydrogens is 424 g/mol. The second-order valence-corrected chi connectivity index (χ2v) is 10.3. The molecule has 0 radical (unpaired) electrons. The molecule has 0 bridgehead atoms. The standard InChI is InChI=1S/C22H25ClN2O4S/c1-30(27,28)25-15-21(29-20-8-7-18(23)14-19(20)25)22(26)24-11-9-17(10-12-24)13-16-5-3-2-4-6-16/h2-8,14,17,21H,9-13,15H2,1H3. The van der Waals surface area contributed by atoms with Crippen molar-refractivity contribution in [2.75, 3.05) is 30.2 Å². The summed E-state index contributed by atoms with van der Waals surface area (Å²) in [5.41, 5.74) is 1.69. The van der Waals surface area contributed by atoms with Crippen LogP contribution in [0.2, 0.25) is 5.02 Å².